The maximum Gasteiger partial charge on any atom is 0.267 e. The second-order valence-corrected chi connectivity index (χ2v) is 4.49. The van der Waals surface area contributed by atoms with Gasteiger partial charge in [0, 0.05) is 25.6 Å². The fraction of sp³-hybridized carbons (Fsp3) is 0.500. The second kappa shape index (κ2) is 4.20. The molecule has 2 rings (SSSR count). The van der Waals surface area contributed by atoms with Gasteiger partial charge in [0.25, 0.3) is 5.91 Å². The number of aliphatic hydroxyl groups is 1. The molecule has 0 spiro atoms. The van der Waals surface area contributed by atoms with Gasteiger partial charge in [-0.1, -0.05) is 0 Å². The van der Waals surface area contributed by atoms with E-state index in [9.17, 15) is 4.79 Å². The van der Waals surface area contributed by atoms with Gasteiger partial charge >= 0.3 is 0 Å². The second-order valence-electron chi connectivity index (χ2n) is 3.58. The molecule has 1 aromatic rings. The molecule has 1 fully saturated rings. The number of rotatable bonds is 3. The van der Waals surface area contributed by atoms with E-state index in [1.165, 1.54) is 11.3 Å². The maximum atomic E-state index is 11.9. The van der Waals surface area contributed by atoms with Crippen LogP contribution in [0.3, 0.4) is 0 Å². The Kier molecular flexibility index (Phi) is 2.93. The van der Waals surface area contributed by atoms with Gasteiger partial charge in [0.2, 0.25) is 0 Å². The van der Waals surface area contributed by atoms with E-state index in [4.69, 9.17) is 9.84 Å². The van der Waals surface area contributed by atoms with E-state index in [1.54, 1.807) is 18.1 Å². The van der Waals surface area contributed by atoms with Crippen LogP contribution in [-0.4, -0.2) is 42.7 Å². The third-order valence-corrected chi connectivity index (χ3v) is 3.43. The molecule has 82 valence electrons. The van der Waals surface area contributed by atoms with Gasteiger partial charge in [-0.25, -0.2) is 0 Å². The van der Waals surface area contributed by atoms with Crippen LogP contribution in [-0.2, 0) is 0 Å². The number of carbonyl (C=O) groups is 1. The lowest BCUT2D eigenvalue weighted by atomic mass is 10.0. The van der Waals surface area contributed by atoms with Crippen molar-refractivity contribution in [3.8, 4) is 5.75 Å². The smallest absolute Gasteiger partial charge is 0.267 e. The fourth-order valence-electron chi connectivity index (χ4n) is 1.61. The van der Waals surface area contributed by atoms with Crippen LogP contribution in [0, 0.1) is 5.92 Å². The van der Waals surface area contributed by atoms with Crippen LogP contribution in [0.5, 0.6) is 5.75 Å². The normalized spacial score (nSPS) is 16.3. The summed E-state index contributed by atoms with van der Waals surface area (Å²) in [5, 5.41) is 10.7. The SMILES string of the molecule is COc1ccsc1C(=O)N1CC(CO)C1. The lowest BCUT2D eigenvalue weighted by molar-refractivity contribution is 0.0364. The fourth-order valence-corrected chi connectivity index (χ4v) is 2.43. The van der Waals surface area contributed by atoms with Crippen molar-refractivity contribution in [2.75, 3.05) is 26.8 Å². The van der Waals surface area contributed by atoms with E-state index in [2.05, 4.69) is 0 Å². The molecule has 0 radical (unpaired) electrons. The molecule has 1 aromatic heterocycles. The minimum Gasteiger partial charge on any atom is -0.495 e. The van der Waals surface area contributed by atoms with E-state index in [0.29, 0.717) is 23.7 Å². The highest BCUT2D eigenvalue weighted by Gasteiger charge is 2.32. The zero-order valence-electron chi connectivity index (χ0n) is 8.47. The Morgan fingerprint density at radius 1 is 1.73 bits per heavy atom. The standard InChI is InChI=1S/C10H13NO3S/c1-14-8-2-3-15-9(8)10(13)11-4-7(5-11)6-12/h2-3,7,12H,4-6H2,1H3. The van der Waals surface area contributed by atoms with Gasteiger partial charge in [0.05, 0.1) is 7.11 Å². The van der Waals surface area contributed by atoms with E-state index >= 15 is 0 Å². The molecule has 1 saturated heterocycles. The molecule has 0 aromatic carbocycles. The molecule has 5 heteroatoms. The molecular formula is C10H13NO3S. The Labute approximate surface area is 92.1 Å². The number of carbonyl (C=O) groups excluding carboxylic acids is 1. The predicted molar refractivity (Wildman–Crippen MR) is 57.4 cm³/mol. The van der Waals surface area contributed by atoms with Crippen LogP contribution >= 0.6 is 11.3 Å². The Bertz CT molecular complexity index is 357. The predicted octanol–water partition coefficient (Wildman–Crippen LogP) is 0.821. The number of amides is 1. The van der Waals surface area contributed by atoms with Crippen LogP contribution in [0.25, 0.3) is 0 Å². The monoisotopic (exact) mass is 227 g/mol. The van der Waals surface area contributed by atoms with Crippen molar-refractivity contribution in [2.24, 2.45) is 5.92 Å². The number of thiophene rings is 1. The number of nitrogens with zero attached hydrogens (tertiary/aromatic N) is 1. The summed E-state index contributed by atoms with van der Waals surface area (Å²) in [6, 6.07) is 1.79. The molecule has 0 saturated carbocycles. The summed E-state index contributed by atoms with van der Waals surface area (Å²) in [6.07, 6.45) is 0. The summed E-state index contributed by atoms with van der Waals surface area (Å²) in [6.45, 7) is 1.46. The number of aliphatic hydroxyl groups excluding tert-OH is 1. The van der Waals surface area contributed by atoms with Crippen LogP contribution in [0.2, 0.25) is 0 Å². The number of likely N-dealkylation sites (tertiary alicyclic amines) is 1. The Morgan fingerprint density at radius 2 is 2.47 bits per heavy atom. The van der Waals surface area contributed by atoms with Gasteiger partial charge in [-0.05, 0) is 11.4 Å². The van der Waals surface area contributed by atoms with Crippen molar-refractivity contribution in [3.05, 3.63) is 16.3 Å². The highest BCUT2D eigenvalue weighted by atomic mass is 32.1. The van der Waals surface area contributed by atoms with E-state index in [-0.39, 0.29) is 18.4 Å². The van der Waals surface area contributed by atoms with Crippen molar-refractivity contribution in [1.29, 1.82) is 0 Å². The average Bonchev–Trinajstić information content (AvgIpc) is 2.63. The zero-order chi connectivity index (χ0) is 10.8. The number of hydrogen-bond donors (Lipinski definition) is 1. The molecule has 0 unspecified atom stereocenters. The summed E-state index contributed by atoms with van der Waals surface area (Å²) in [4.78, 5) is 14.3. The van der Waals surface area contributed by atoms with E-state index in [0.717, 1.165) is 0 Å². The maximum absolute atomic E-state index is 11.9. The summed E-state index contributed by atoms with van der Waals surface area (Å²) < 4.78 is 5.09. The van der Waals surface area contributed by atoms with E-state index in [1.807, 2.05) is 5.38 Å². The van der Waals surface area contributed by atoms with Crippen molar-refractivity contribution in [2.45, 2.75) is 0 Å². The molecule has 1 amide bonds. The highest BCUT2D eigenvalue weighted by molar-refractivity contribution is 7.12. The van der Waals surface area contributed by atoms with Gasteiger partial charge < -0.3 is 14.7 Å². The molecule has 0 atom stereocenters. The topological polar surface area (TPSA) is 49.8 Å². The summed E-state index contributed by atoms with van der Waals surface area (Å²) in [5.74, 6) is 0.893. The Balaban J connectivity index is 2.03. The molecular weight excluding hydrogens is 214 g/mol. The minimum absolute atomic E-state index is 0.00606. The third-order valence-electron chi connectivity index (χ3n) is 2.55. The van der Waals surface area contributed by atoms with Crippen LogP contribution in [0.4, 0.5) is 0 Å². The van der Waals surface area contributed by atoms with Gasteiger partial charge in [-0.15, -0.1) is 11.3 Å². The van der Waals surface area contributed by atoms with Gasteiger partial charge in [-0.3, -0.25) is 4.79 Å². The van der Waals surface area contributed by atoms with Crippen LogP contribution in [0.1, 0.15) is 9.67 Å². The molecule has 15 heavy (non-hydrogen) atoms. The summed E-state index contributed by atoms with van der Waals surface area (Å²) >= 11 is 1.39. The first-order valence-electron chi connectivity index (χ1n) is 4.78. The largest absolute Gasteiger partial charge is 0.495 e. The van der Waals surface area contributed by atoms with Gasteiger partial charge in [0.1, 0.15) is 10.6 Å². The molecule has 0 bridgehead atoms. The molecule has 4 nitrogen and oxygen atoms in total. The van der Waals surface area contributed by atoms with Crippen molar-refractivity contribution in [3.63, 3.8) is 0 Å². The molecule has 0 aliphatic carbocycles. The van der Waals surface area contributed by atoms with Crippen molar-refractivity contribution < 1.29 is 14.6 Å². The molecule has 1 aliphatic heterocycles. The van der Waals surface area contributed by atoms with E-state index < -0.39 is 0 Å². The Morgan fingerprint density at radius 3 is 3.07 bits per heavy atom. The average molecular weight is 227 g/mol. The van der Waals surface area contributed by atoms with Crippen LogP contribution < -0.4 is 4.74 Å². The van der Waals surface area contributed by atoms with Gasteiger partial charge in [-0.2, -0.15) is 0 Å². The number of methoxy groups -OCH3 is 1. The lowest BCUT2D eigenvalue weighted by Crippen LogP contribution is -2.51. The summed E-state index contributed by atoms with van der Waals surface area (Å²) in [7, 11) is 1.56. The van der Waals surface area contributed by atoms with Crippen molar-refractivity contribution >= 4 is 17.2 Å². The Hall–Kier alpha value is -1.07. The minimum atomic E-state index is 0.00606. The molecule has 1 N–H and O–H groups in total. The van der Waals surface area contributed by atoms with Crippen LogP contribution in [0.15, 0.2) is 11.4 Å². The lowest BCUT2D eigenvalue weighted by Gasteiger charge is -2.38. The molecule has 2 heterocycles. The first kappa shape index (κ1) is 10.4. The number of ether oxygens (including phenoxy) is 1. The summed E-state index contributed by atoms with van der Waals surface area (Å²) in [5.41, 5.74) is 0. The first-order chi connectivity index (χ1) is 7.26. The van der Waals surface area contributed by atoms with Gasteiger partial charge in [0.15, 0.2) is 0 Å². The van der Waals surface area contributed by atoms with Crippen molar-refractivity contribution in [1.82, 2.24) is 4.90 Å². The third kappa shape index (κ3) is 1.85. The highest BCUT2D eigenvalue weighted by Crippen LogP contribution is 2.28. The molecule has 1 aliphatic rings. The first-order valence-corrected chi connectivity index (χ1v) is 5.66. The zero-order valence-corrected chi connectivity index (χ0v) is 9.29. The number of hydrogen-bond acceptors (Lipinski definition) is 4. The quantitative estimate of drug-likeness (QED) is 0.831.